The van der Waals surface area contributed by atoms with Gasteiger partial charge in [0.2, 0.25) is 5.91 Å². The van der Waals surface area contributed by atoms with Gasteiger partial charge < -0.3 is 10.2 Å². The Morgan fingerprint density at radius 1 is 1.00 bits per heavy atom. The van der Waals surface area contributed by atoms with Gasteiger partial charge in [0.1, 0.15) is 19.0 Å². The summed E-state index contributed by atoms with van der Waals surface area (Å²) in [5.41, 5.74) is 1.55. The van der Waals surface area contributed by atoms with Crippen LogP contribution in [0.1, 0.15) is 12.8 Å². The molecule has 31 heavy (non-hydrogen) atoms. The Kier molecular flexibility index (Phi) is 5.01. The zero-order valence-electron chi connectivity index (χ0n) is 16.5. The van der Waals surface area contributed by atoms with Gasteiger partial charge in [-0.1, -0.05) is 0 Å². The zero-order chi connectivity index (χ0) is 21.0. The molecule has 1 amide bonds. The number of nitrogens with zero attached hydrogens (tertiary/aromatic N) is 10. The maximum atomic E-state index is 12.8. The van der Waals surface area contributed by atoms with Gasteiger partial charge in [-0.15, -0.1) is 15.3 Å². The molecule has 3 aromatic heterocycles. The third-order valence-corrected chi connectivity index (χ3v) is 5.15. The first-order valence-corrected chi connectivity index (χ1v) is 9.84. The van der Waals surface area contributed by atoms with Crippen molar-refractivity contribution in [2.75, 3.05) is 23.3 Å². The standard InChI is InChI=1S/C19H19N11O/c31-19(23-15-3-5-16(6-4-15)29-13-21-26-27-29)14-2-1-9-28(10-14)17-7-8-18(25-24-17)30-12-20-11-22-30/h3-8,11-14H,1-2,9-10H2,(H,23,31)/t14-/m0/s1. The molecule has 1 atom stereocenters. The minimum Gasteiger partial charge on any atom is -0.354 e. The smallest absolute Gasteiger partial charge is 0.229 e. The van der Waals surface area contributed by atoms with Crippen molar-refractivity contribution < 1.29 is 4.79 Å². The molecule has 1 N–H and O–H groups in total. The molecule has 1 saturated heterocycles. The molecule has 1 fully saturated rings. The first-order chi connectivity index (χ1) is 15.3. The van der Waals surface area contributed by atoms with Gasteiger partial charge in [0, 0.05) is 18.8 Å². The lowest BCUT2D eigenvalue weighted by Crippen LogP contribution is -2.41. The Balaban J connectivity index is 1.22. The van der Waals surface area contributed by atoms with Gasteiger partial charge in [-0.3, -0.25) is 4.79 Å². The number of aromatic nitrogens is 9. The van der Waals surface area contributed by atoms with Gasteiger partial charge in [-0.2, -0.15) is 5.10 Å². The number of anilines is 2. The fraction of sp³-hybridized carbons (Fsp3) is 0.263. The molecular formula is C19H19N11O. The molecule has 0 aliphatic carbocycles. The lowest BCUT2D eigenvalue weighted by atomic mass is 9.97. The maximum absolute atomic E-state index is 12.8. The Labute approximate surface area is 176 Å². The molecular weight excluding hydrogens is 398 g/mol. The second-order valence-electron chi connectivity index (χ2n) is 7.17. The van der Waals surface area contributed by atoms with Gasteiger partial charge in [-0.25, -0.2) is 14.3 Å². The SMILES string of the molecule is O=C(Nc1ccc(-n2cnnn2)cc1)[C@H]1CCCN(c2ccc(-n3cncn3)nn2)C1. The topological polar surface area (TPSA) is 132 Å². The van der Waals surface area contributed by atoms with E-state index in [0.717, 1.165) is 36.6 Å². The molecule has 0 saturated carbocycles. The van der Waals surface area contributed by atoms with Crippen LogP contribution in [-0.4, -0.2) is 64.2 Å². The predicted octanol–water partition coefficient (Wildman–Crippen LogP) is 0.888. The van der Waals surface area contributed by atoms with Crippen LogP contribution in [-0.2, 0) is 4.79 Å². The Morgan fingerprint density at radius 2 is 1.84 bits per heavy atom. The molecule has 4 heterocycles. The van der Waals surface area contributed by atoms with Crippen LogP contribution in [0, 0.1) is 5.92 Å². The summed E-state index contributed by atoms with van der Waals surface area (Å²) in [6, 6.07) is 11.1. The van der Waals surface area contributed by atoms with Crippen molar-refractivity contribution in [3.8, 4) is 11.5 Å². The van der Waals surface area contributed by atoms with E-state index in [0.29, 0.717) is 12.4 Å². The van der Waals surface area contributed by atoms with Gasteiger partial charge in [-0.05, 0) is 59.7 Å². The number of tetrazole rings is 1. The highest BCUT2D eigenvalue weighted by atomic mass is 16.1. The van der Waals surface area contributed by atoms with Crippen LogP contribution >= 0.6 is 0 Å². The molecule has 0 bridgehead atoms. The summed E-state index contributed by atoms with van der Waals surface area (Å²) >= 11 is 0. The number of hydrogen-bond donors (Lipinski definition) is 1. The molecule has 1 aromatic carbocycles. The summed E-state index contributed by atoms with van der Waals surface area (Å²) in [5.74, 6) is 1.20. The van der Waals surface area contributed by atoms with Gasteiger partial charge >= 0.3 is 0 Å². The van der Waals surface area contributed by atoms with Crippen molar-refractivity contribution in [3.63, 3.8) is 0 Å². The van der Waals surface area contributed by atoms with E-state index >= 15 is 0 Å². The van der Waals surface area contributed by atoms with Gasteiger partial charge in [0.15, 0.2) is 11.6 Å². The molecule has 1 aliphatic rings. The highest BCUT2D eigenvalue weighted by Gasteiger charge is 2.27. The number of hydrogen-bond acceptors (Lipinski definition) is 9. The van der Waals surface area contributed by atoms with Crippen LogP contribution in [0.5, 0.6) is 0 Å². The highest BCUT2D eigenvalue weighted by molar-refractivity contribution is 5.93. The third-order valence-electron chi connectivity index (χ3n) is 5.15. The van der Waals surface area contributed by atoms with Crippen LogP contribution in [0.15, 0.2) is 55.4 Å². The number of amides is 1. The minimum atomic E-state index is -0.135. The van der Waals surface area contributed by atoms with Crippen molar-refractivity contribution in [2.45, 2.75) is 12.8 Å². The van der Waals surface area contributed by atoms with Crippen LogP contribution in [0.3, 0.4) is 0 Å². The average Bonchev–Trinajstić information content (AvgIpc) is 3.55. The Hall–Kier alpha value is -4.22. The number of carbonyl (C=O) groups is 1. The van der Waals surface area contributed by atoms with E-state index in [2.05, 4.69) is 46.0 Å². The lowest BCUT2D eigenvalue weighted by molar-refractivity contribution is -0.120. The number of rotatable bonds is 5. The number of benzene rings is 1. The van der Waals surface area contributed by atoms with E-state index in [1.807, 2.05) is 36.4 Å². The fourth-order valence-electron chi connectivity index (χ4n) is 3.56. The molecule has 12 nitrogen and oxygen atoms in total. The van der Waals surface area contributed by atoms with Crippen molar-refractivity contribution in [1.82, 2.24) is 45.2 Å². The largest absolute Gasteiger partial charge is 0.354 e. The summed E-state index contributed by atoms with van der Waals surface area (Å²) in [4.78, 5) is 18.8. The Morgan fingerprint density at radius 3 is 2.55 bits per heavy atom. The van der Waals surface area contributed by atoms with E-state index in [9.17, 15) is 4.79 Å². The lowest BCUT2D eigenvalue weighted by Gasteiger charge is -2.32. The summed E-state index contributed by atoms with van der Waals surface area (Å²) in [5, 5.41) is 26.7. The minimum absolute atomic E-state index is 0.00735. The monoisotopic (exact) mass is 417 g/mol. The van der Waals surface area contributed by atoms with Crippen LogP contribution < -0.4 is 10.2 Å². The van der Waals surface area contributed by atoms with E-state index in [1.54, 1.807) is 15.7 Å². The fourth-order valence-corrected chi connectivity index (χ4v) is 3.56. The van der Waals surface area contributed by atoms with Crippen molar-refractivity contribution >= 4 is 17.4 Å². The third kappa shape index (κ3) is 4.08. The Bertz CT molecular complexity index is 1120. The first kappa shape index (κ1) is 18.8. The molecule has 156 valence electrons. The van der Waals surface area contributed by atoms with E-state index in [4.69, 9.17) is 0 Å². The van der Waals surface area contributed by atoms with Crippen LogP contribution in [0.2, 0.25) is 0 Å². The second-order valence-corrected chi connectivity index (χ2v) is 7.17. The van der Waals surface area contributed by atoms with Crippen molar-refractivity contribution in [3.05, 3.63) is 55.4 Å². The quantitative estimate of drug-likeness (QED) is 0.502. The van der Waals surface area contributed by atoms with Gasteiger partial charge in [0.25, 0.3) is 0 Å². The molecule has 4 aromatic rings. The first-order valence-electron chi connectivity index (χ1n) is 9.84. The van der Waals surface area contributed by atoms with E-state index in [1.165, 1.54) is 12.7 Å². The molecule has 5 rings (SSSR count). The molecule has 12 heteroatoms. The number of nitrogens with one attached hydrogen (secondary N) is 1. The second kappa shape index (κ2) is 8.26. The highest BCUT2D eigenvalue weighted by Crippen LogP contribution is 2.23. The molecule has 0 radical (unpaired) electrons. The van der Waals surface area contributed by atoms with Crippen molar-refractivity contribution in [2.24, 2.45) is 5.92 Å². The van der Waals surface area contributed by atoms with Gasteiger partial charge in [0.05, 0.1) is 11.6 Å². The molecule has 0 spiro atoms. The number of piperidine rings is 1. The van der Waals surface area contributed by atoms with E-state index < -0.39 is 0 Å². The van der Waals surface area contributed by atoms with E-state index in [-0.39, 0.29) is 11.8 Å². The maximum Gasteiger partial charge on any atom is 0.229 e. The average molecular weight is 417 g/mol. The molecule has 0 unspecified atom stereocenters. The summed E-state index contributed by atoms with van der Waals surface area (Å²) < 4.78 is 3.10. The normalized spacial score (nSPS) is 16.3. The zero-order valence-corrected chi connectivity index (χ0v) is 16.5. The van der Waals surface area contributed by atoms with Crippen molar-refractivity contribution in [1.29, 1.82) is 0 Å². The van der Waals surface area contributed by atoms with Crippen LogP contribution in [0.4, 0.5) is 11.5 Å². The summed E-state index contributed by atoms with van der Waals surface area (Å²) in [6.07, 6.45) is 6.27. The predicted molar refractivity (Wildman–Crippen MR) is 110 cm³/mol. The number of carbonyl (C=O) groups excluding carboxylic acids is 1. The van der Waals surface area contributed by atoms with Crippen LogP contribution in [0.25, 0.3) is 11.5 Å². The summed E-state index contributed by atoms with van der Waals surface area (Å²) in [6.45, 7) is 1.42. The summed E-state index contributed by atoms with van der Waals surface area (Å²) in [7, 11) is 0. The molecule has 1 aliphatic heterocycles.